The van der Waals surface area contributed by atoms with Crippen LogP contribution in [0.2, 0.25) is 10.0 Å². The zero-order valence-corrected chi connectivity index (χ0v) is 28.4. The number of rotatable bonds is 11. The Bertz CT molecular complexity index is 1920. The Morgan fingerprint density at radius 3 is 2.04 bits per heavy atom. The summed E-state index contributed by atoms with van der Waals surface area (Å²) in [5.74, 6) is -1.16. The highest BCUT2D eigenvalue weighted by atomic mass is 35.5. The molecule has 0 spiro atoms. The van der Waals surface area contributed by atoms with Crippen molar-refractivity contribution in [2.75, 3.05) is 29.6 Å². The van der Waals surface area contributed by atoms with Crippen molar-refractivity contribution in [1.29, 1.82) is 0 Å². The Kier molecular flexibility index (Phi) is 11.6. The van der Waals surface area contributed by atoms with E-state index in [4.69, 9.17) is 23.2 Å². The molecule has 0 aliphatic carbocycles. The summed E-state index contributed by atoms with van der Waals surface area (Å²) in [4.78, 5) is 42.9. The van der Waals surface area contributed by atoms with Crippen LogP contribution in [0, 0.1) is 0 Å². The van der Waals surface area contributed by atoms with Gasteiger partial charge in [0.1, 0.15) is 10.9 Å². The molecule has 0 fully saturated rings. The Labute approximate surface area is 294 Å². The van der Waals surface area contributed by atoms with Crippen LogP contribution in [0.15, 0.2) is 138 Å². The first-order chi connectivity index (χ1) is 23.2. The van der Waals surface area contributed by atoms with Gasteiger partial charge in [0.15, 0.2) is 0 Å². The standard InChI is InChI=1S/C38H32Cl2N4O3S/c1-44(2)30-18-13-25(14-19-30)23-34(43-36(45)27-11-7-4-8-12-27)37(46)41-29-16-20-31(21-17-29)48-35(26-9-5-3-6-10-26)38(47)42-33-24-28(39)15-22-32(33)40/h3-24,35H,1-2H3,(H,41,46)(H,42,47)(H,43,45)/b34-23-. The van der Waals surface area contributed by atoms with E-state index in [1.807, 2.05) is 91.8 Å². The SMILES string of the molecule is CN(C)c1ccc(/C=C(\NC(=O)c2ccccc2)C(=O)Nc2ccc(SC(C(=O)Nc3cc(Cl)ccc3Cl)c3ccccc3)cc2)cc1. The molecule has 0 aromatic heterocycles. The first-order valence-electron chi connectivity index (χ1n) is 14.9. The third kappa shape index (κ3) is 9.29. The summed E-state index contributed by atoms with van der Waals surface area (Å²) in [5, 5.41) is 8.77. The number of hydrogen-bond donors (Lipinski definition) is 3. The third-order valence-electron chi connectivity index (χ3n) is 7.14. The zero-order chi connectivity index (χ0) is 34.0. The predicted molar refractivity (Wildman–Crippen MR) is 198 cm³/mol. The fraction of sp³-hybridized carbons (Fsp3) is 0.0789. The van der Waals surface area contributed by atoms with Crippen molar-refractivity contribution in [3.63, 3.8) is 0 Å². The number of halogens is 2. The summed E-state index contributed by atoms with van der Waals surface area (Å²) in [6.07, 6.45) is 1.63. The van der Waals surface area contributed by atoms with Gasteiger partial charge in [-0.2, -0.15) is 0 Å². The highest BCUT2D eigenvalue weighted by molar-refractivity contribution is 8.00. The molecule has 0 bridgehead atoms. The van der Waals surface area contributed by atoms with Gasteiger partial charge in [-0.05, 0) is 83.9 Å². The molecule has 1 unspecified atom stereocenters. The maximum Gasteiger partial charge on any atom is 0.272 e. The molecule has 5 aromatic carbocycles. The van der Waals surface area contributed by atoms with Gasteiger partial charge in [-0.1, -0.05) is 83.9 Å². The van der Waals surface area contributed by atoms with Crippen LogP contribution in [0.5, 0.6) is 0 Å². The van der Waals surface area contributed by atoms with Crippen LogP contribution in [0.4, 0.5) is 17.1 Å². The summed E-state index contributed by atoms with van der Waals surface area (Å²) in [6.45, 7) is 0. The number of thioether (sulfide) groups is 1. The van der Waals surface area contributed by atoms with E-state index in [9.17, 15) is 14.4 Å². The lowest BCUT2D eigenvalue weighted by atomic mass is 10.1. The number of amides is 3. The van der Waals surface area contributed by atoms with Gasteiger partial charge < -0.3 is 20.9 Å². The second kappa shape index (κ2) is 16.2. The number of anilines is 3. The van der Waals surface area contributed by atoms with E-state index in [-0.39, 0.29) is 11.6 Å². The molecule has 5 rings (SSSR count). The lowest BCUT2D eigenvalue weighted by molar-refractivity contribution is -0.116. The van der Waals surface area contributed by atoms with Crippen molar-refractivity contribution >= 4 is 75.8 Å². The van der Waals surface area contributed by atoms with Gasteiger partial charge in [-0.25, -0.2) is 0 Å². The number of carbonyl (C=O) groups is 3. The number of nitrogens with zero attached hydrogens (tertiary/aromatic N) is 1. The Hall–Kier alpha value is -5.02. The van der Waals surface area contributed by atoms with Crippen molar-refractivity contribution in [3.05, 3.63) is 160 Å². The minimum atomic E-state index is -0.608. The van der Waals surface area contributed by atoms with E-state index >= 15 is 0 Å². The van der Waals surface area contributed by atoms with Gasteiger partial charge in [0.2, 0.25) is 5.91 Å². The van der Waals surface area contributed by atoms with Gasteiger partial charge in [0, 0.05) is 41.0 Å². The van der Waals surface area contributed by atoms with Crippen molar-refractivity contribution in [3.8, 4) is 0 Å². The first kappa shape index (κ1) is 34.3. The lowest BCUT2D eigenvalue weighted by Crippen LogP contribution is -2.30. The van der Waals surface area contributed by atoms with Crippen LogP contribution < -0.4 is 20.9 Å². The quantitative estimate of drug-likeness (QED) is 0.0949. The molecule has 10 heteroatoms. The summed E-state index contributed by atoms with van der Waals surface area (Å²) in [5.41, 5.74) is 4.00. The second-order valence-corrected chi connectivity index (χ2v) is 12.9. The van der Waals surface area contributed by atoms with Crippen LogP contribution in [0.3, 0.4) is 0 Å². The normalized spacial score (nSPS) is 11.7. The Morgan fingerprint density at radius 2 is 1.40 bits per heavy atom. The molecule has 1 atom stereocenters. The smallest absolute Gasteiger partial charge is 0.272 e. The maximum atomic E-state index is 13.5. The maximum absolute atomic E-state index is 13.5. The van der Waals surface area contributed by atoms with Gasteiger partial charge in [-0.3, -0.25) is 14.4 Å². The molecule has 7 nitrogen and oxygen atoms in total. The summed E-state index contributed by atoms with van der Waals surface area (Å²) in [7, 11) is 3.89. The molecule has 0 saturated heterocycles. The summed E-state index contributed by atoms with van der Waals surface area (Å²) >= 11 is 13.8. The van der Waals surface area contributed by atoms with Gasteiger partial charge in [0.05, 0.1) is 10.7 Å². The van der Waals surface area contributed by atoms with E-state index in [1.165, 1.54) is 11.8 Å². The molecule has 0 heterocycles. The number of nitrogens with one attached hydrogen (secondary N) is 3. The molecular formula is C38H32Cl2N4O3S. The van der Waals surface area contributed by atoms with Crippen molar-refractivity contribution in [1.82, 2.24) is 5.32 Å². The summed E-state index contributed by atoms with van der Waals surface area (Å²) in [6, 6.07) is 37.8. The largest absolute Gasteiger partial charge is 0.378 e. The molecule has 0 radical (unpaired) electrons. The molecular weight excluding hydrogens is 663 g/mol. The highest BCUT2D eigenvalue weighted by Crippen LogP contribution is 2.37. The van der Waals surface area contributed by atoms with E-state index < -0.39 is 17.1 Å². The van der Waals surface area contributed by atoms with Gasteiger partial charge >= 0.3 is 0 Å². The van der Waals surface area contributed by atoms with Gasteiger partial charge in [-0.15, -0.1) is 11.8 Å². The topological polar surface area (TPSA) is 90.5 Å². The van der Waals surface area contributed by atoms with E-state index in [2.05, 4.69) is 16.0 Å². The molecule has 0 saturated carbocycles. The van der Waals surface area contributed by atoms with Crippen molar-refractivity contribution in [2.24, 2.45) is 0 Å². The molecule has 48 heavy (non-hydrogen) atoms. The van der Waals surface area contributed by atoms with E-state index in [0.29, 0.717) is 27.0 Å². The lowest BCUT2D eigenvalue weighted by Gasteiger charge is -2.18. The van der Waals surface area contributed by atoms with Crippen LogP contribution in [0.1, 0.15) is 26.7 Å². The molecule has 5 aromatic rings. The predicted octanol–water partition coefficient (Wildman–Crippen LogP) is 8.94. The van der Waals surface area contributed by atoms with Crippen LogP contribution in [-0.4, -0.2) is 31.8 Å². The second-order valence-electron chi connectivity index (χ2n) is 10.9. The molecule has 0 aliphatic heterocycles. The Morgan fingerprint density at radius 1 is 0.750 bits per heavy atom. The summed E-state index contributed by atoms with van der Waals surface area (Å²) < 4.78 is 0. The fourth-order valence-corrected chi connectivity index (χ4v) is 5.98. The third-order valence-corrected chi connectivity index (χ3v) is 8.97. The molecule has 0 aliphatic rings. The monoisotopic (exact) mass is 694 g/mol. The number of carbonyl (C=O) groups excluding carboxylic acids is 3. The van der Waals surface area contributed by atoms with E-state index in [0.717, 1.165) is 21.7 Å². The van der Waals surface area contributed by atoms with E-state index in [1.54, 1.807) is 60.7 Å². The fourth-order valence-electron chi connectivity index (χ4n) is 4.62. The van der Waals surface area contributed by atoms with Crippen LogP contribution >= 0.6 is 35.0 Å². The minimum absolute atomic E-state index is 0.0837. The number of hydrogen-bond acceptors (Lipinski definition) is 5. The van der Waals surface area contributed by atoms with Gasteiger partial charge in [0.25, 0.3) is 11.8 Å². The number of benzene rings is 5. The molecule has 3 amide bonds. The molecule has 242 valence electrons. The average Bonchev–Trinajstić information content (AvgIpc) is 3.10. The highest BCUT2D eigenvalue weighted by Gasteiger charge is 2.23. The first-order valence-corrected chi connectivity index (χ1v) is 16.5. The zero-order valence-electron chi connectivity index (χ0n) is 26.1. The molecule has 3 N–H and O–H groups in total. The van der Waals surface area contributed by atoms with Crippen LogP contribution in [0.25, 0.3) is 6.08 Å². The minimum Gasteiger partial charge on any atom is -0.378 e. The van der Waals surface area contributed by atoms with Crippen molar-refractivity contribution in [2.45, 2.75) is 10.1 Å². The van der Waals surface area contributed by atoms with Crippen molar-refractivity contribution < 1.29 is 14.4 Å². The average molecular weight is 696 g/mol. The Balaban J connectivity index is 1.34. The van der Waals surface area contributed by atoms with Crippen LogP contribution in [-0.2, 0) is 9.59 Å².